The van der Waals surface area contributed by atoms with Crippen LogP contribution in [-0.2, 0) is 6.54 Å². The maximum atomic E-state index is 9.63. The Hall–Kier alpha value is -4.41. The maximum absolute atomic E-state index is 9.63. The average Bonchev–Trinajstić information content (AvgIpc) is 3.04. The van der Waals surface area contributed by atoms with Crippen LogP contribution in [0.4, 0.5) is 16.8 Å². The van der Waals surface area contributed by atoms with Gasteiger partial charge in [0, 0.05) is 23.9 Å². The highest BCUT2D eigenvalue weighted by Crippen LogP contribution is 2.35. The Balaban J connectivity index is 1.57. The number of pyridine rings is 2. The number of aryl methyl sites for hydroxylation is 1. The van der Waals surface area contributed by atoms with E-state index in [2.05, 4.69) is 33.2 Å². The Kier molecular flexibility index (Phi) is 4.93. The van der Waals surface area contributed by atoms with Gasteiger partial charge in [-0.3, -0.25) is 0 Å². The lowest BCUT2D eigenvalue weighted by Gasteiger charge is -2.22. The van der Waals surface area contributed by atoms with Crippen LogP contribution < -0.4 is 21.1 Å². The summed E-state index contributed by atoms with van der Waals surface area (Å²) in [6.45, 7) is 3.41. The summed E-state index contributed by atoms with van der Waals surface area (Å²) in [5.74, 6) is 1.35. The second-order valence-corrected chi connectivity index (χ2v) is 8.68. The van der Waals surface area contributed by atoms with Gasteiger partial charge in [0.05, 0.1) is 17.7 Å². The second-order valence-electron chi connectivity index (χ2n) is 7.67. The van der Waals surface area contributed by atoms with Crippen LogP contribution in [0.3, 0.4) is 0 Å². The van der Waals surface area contributed by atoms with Crippen molar-refractivity contribution >= 4 is 38.5 Å². The molecular formula is C23H18N8OS. The van der Waals surface area contributed by atoms with Gasteiger partial charge in [-0.1, -0.05) is 11.3 Å². The number of benzene rings is 1. The molecule has 0 spiro atoms. The van der Waals surface area contributed by atoms with Gasteiger partial charge in [-0.05, 0) is 42.3 Å². The monoisotopic (exact) mass is 454 g/mol. The number of hydrogen-bond donors (Lipinski definition) is 2. The van der Waals surface area contributed by atoms with Gasteiger partial charge in [-0.2, -0.15) is 10.5 Å². The molecule has 0 atom stereocenters. The first-order chi connectivity index (χ1) is 16.0. The van der Waals surface area contributed by atoms with Crippen LogP contribution in [0.2, 0.25) is 0 Å². The fourth-order valence-electron chi connectivity index (χ4n) is 3.99. The van der Waals surface area contributed by atoms with E-state index in [0.29, 0.717) is 36.2 Å². The topological polar surface area (TPSA) is 151 Å². The van der Waals surface area contributed by atoms with E-state index in [0.717, 1.165) is 38.4 Å². The molecule has 1 aliphatic rings. The number of nitriles is 2. The van der Waals surface area contributed by atoms with Crippen molar-refractivity contribution in [3.63, 3.8) is 0 Å². The largest absolute Gasteiger partial charge is 0.491 e. The van der Waals surface area contributed by atoms with E-state index >= 15 is 0 Å². The molecule has 5 rings (SSSR count). The SMILES string of the molecule is Cc1cc(-c2cnc3sc(N)nc3c2)cc2c1OCCN(c1nc(N)c(C#N)cc1C#N)C2. The first kappa shape index (κ1) is 20.5. The van der Waals surface area contributed by atoms with Gasteiger partial charge >= 0.3 is 0 Å². The van der Waals surface area contributed by atoms with E-state index in [1.807, 2.05) is 30.2 Å². The van der Waals surface area contributed by atoms with Gasteiger partial charge in [-0.25, -0.2) is 15.0 Å². The summed E-state index contributed by atoms with van der Waals surface area (Å²) in [6.07, 6.45) is 1.81. The predicted molar refractivity (Wildman–Crippen MR) is 127 cm³/mol. The van der Waals surface area contributed by atoms with Crippen LogP contribution in [-0.4, -0.2) is 28.1 Å². The Bertz CT molecular complexity index is 1500. The maximum Gasteiger partial charge on any atom is 0.182 e. The molecule has 0 aliphatic carbocycles. The van der Waals surface area contributed by atoms with E-state index in [1.54, 1.807) is 0 Å². The number of thiazole rings is 1. The van der Waals surface area contributed by atoms with E-state index < -0.39 is 0 Å². The highest BCUT2D eigenvalue weighted by atomic mass is 32.1. The number of hydrogen-bond acceptors (Lipinski definition) is 10. The molecule has 0 amide bonds. The quantitative estimate of drug-likeness (QED) is 0.464. The van der Waals surface area contributed by atoms with Crippen molar-refractivity contribution in [2.75, 3.05) is 29.5 Å². The fourth-order valence-corrected chi connectivity index (χ4v) is 4.65. The van der Waals surface area contributed by atoms with Gasteiger partial charge in [0.25, 0.3) is 0 Å². The van der Waals surface area contributed by atoms with Gasteiger partial charge < -0.3 is 21.1 Å². The summed E-state index contributed by atoms with van der Waals surface area (Å²) < 4.78 is 6.07. The summed E-state index contributed by atoms with van der Waals surface area (Å²) in [6, 6.07) is 11.7. The molecule has 9 nitrogen and oxygen atoms in total. The van der Waals surface area contributed by atoms with Gasteiger partial charge in [0.1, 0.15) is 46.5 Å². The molecule has 0 fully saturated rings. The van der Waals surface area contributed by atoms with Crippen molar-refractivity contribution in [1.82, 2.24) is 15.0 Å². The lowest BCUT2D eigenvalue weighted by Crippen LogP contribution is -2.27. The third-order valence-electron chi connectivity index (χ3n) is 5.49. The molecule has 3 aromatic heterocycles. The number of ether oxygens (including phenoxy) is 1. The smallest absolute Gasteiger partial charge is 0.182 e. The number of aromatic nitrogens is 3. The van der Waals surface area contributed by atoms with E-state index in [9.17, 15) is 10.5 Å². The normalized spacial score (nSPS) is 13.0. The van der Waals surface area contributed by atoms with Crippen LogP contribution in [0.1, 0.15) is 22.3 Å². The number of rotatable bonds is 2. The number of nitrogens with zero attached hydrogens (tertiary/aromatic N) is 6. The molecule has 1 aromatic carbocycles. The molecule has 0 radical (unpaired) electrons. The number of nitrogen functional groups attached to an aromatic ring is 2. The van der Waals surface area contributed by atoms with Gasteiger partial charge in [0.15, 0.2) is 5.13 Å². The van der Waals surface area contributed by atoms with E-state index in [1.165, 1.54) is 17.4 Å². The standard InChI is InChI=1S/C23H18N8OS/c1-12-4-13(16-7-18-22(28-10-16)33-23(27)29-18)5-17-11-31(2-3-32-19(12)17)21-15(9-25)6-14(8-24)20(26)30-21/h4-7,10H,2-3,11H2,1H3,(H2,26,30)(H2,27,29). The number of fused-ring (bicyclic) bond motifs is 2. The van der Waals surface area contributed by atoms with Crippen LogP contribution in [0.5, 0.6) is 5.75 Å². The van der Waals surface area contributed by atoms with Crippen LogP contribution in [0.15, 0.2) is 30.5 Å². The third kappa shape index (κ3) is 3.63. The minimum atomic E-state index is 0.101. The highest BCUT2D eigenvalue weighted by molar-refractivity contribution is 7.21. The Labute approximate surface area is 193 Å². The first-order valence-electron chi connectivity index (χ1n) is 10.1. The van der Waals surface area contributed by atoms with Crippen molar-refractivity contribution in [2.24, 2.45) is 0 Å². The molecule has 162 valence electrons. The van der Waals surface area contributed by atoms with Crippen LogP contribution in [0, 0.1) is 29.6 Å². The van der Waals surface area contributed by atoms with Crippen LogP contribution in [0.25, 0.3) is 21.5 Å². The lowest BCUT2D eigenvalue weighted by atomic mass is 9.99. The van der Waals surface area contributed by atoms with Crippen molar-refractivity contribution in [3.05, 3.63) is 52.7 Å². The Morgan fingerprint density at radius 1 is 1.06 bits per heavy atom. The summed E-state index contributed by atoms with van der Waals surface area (Å²) >= 11 is 1.36. The summed E-state index contributed by atoms with van der Waals surface area (Å²) in [7, 11) is 0. The first-order valence-corrected chi connectivity index (χ1v) is 10.9. The summed E-state index contributed by atoms with van der Waals surface area (Å²) in [5, 5.41) is 19.3. The molecule has 4 N–H and O–H groups in total. The molecule has 0 bridgehead atoms. The Morgan fingerprint density at radius 3 is 2.67 bits per heavy atom. The molecule has 10 heteroatoms. The minimum Gasteiger partial charge on any atom is -0.491 e. The lowest BCUT2D eigenvalue weighted by molar-refractivity contribution is 0.329. The Morgan fingerprint density at radius 2 is 1.88 bits per heavy atom. The second kappa shape index (κ2) is 7.93. The molecule has 0 unspecified atom stereocenters. The average molecular weight is 455 g/mol. The molecule has 4 aromatic rings. The molecule has 0 saturated heterocycles. The highest BCUT2D eigenvalue weighted by Gasteiger charge is 2.23. The number of nitrogens with two attached hydrogens (primary N) is 2. The molecule has 1 aliphatic heterocycles. The minimum absolute atomic E-state index is 0.101. The zero-order valence-corrected chi connectivity index (χ0v) is 18.5. The zero-order chi connectivity index (χ0) is 23.1. The van der Waals surface area contributed by atoms with Crippen molar-refractivity contribution in [3.8, 4) is 29.0 Å². The van der Waals surface area contributed by atoms with E-state index in [-0.39, 0.29) is 11.4 Å². The molecule has 0 saturated carbocycles. The van der Waals surface area contributed by atoms with Crippen molar-refractivity contribution in [1.29, 1.82) is 10.5 Å². The molecule has 4 heterocycles. The van der Waals surface area contributed by atoms with Gasteiger partial charge in [-0.15, -0.1) is 0 Å². The third-order valence-corrected chi connectivity index (χ3v) is 6.30. The van der Waals surface area contributed by atoms with Crippen molar-refractivity contribution < 1.29 is 4.74 Å². The fraction of sp³-hybridized carbons (Fsp3) is 0.174. The van der Waals surface area contributed by atoms with Crippen molar-refractivity contribution in [2.45, 2.75) is 13.5 Å². The zero-order valence-electron chi connectivity index (χ0n) is 17.7. The molecule has 33 heavy (non-hydrogen) atoms. The summed E-state index contributed by atoms with van der Waals surface area (Å²) in [4.78, 5) is 16.0. The van der Waals surface area contributed by atoms with E-state index in [4.69, 9.17) is 16.2 Å². The summed E-state index contributed by atoms with van der Waals surface area (Å²) in [5.41, 5.74) is 16.9. The van der Waals surface area contributed by atoms with Gasteiger partial charge in [0.2, 0.25) is 0 Å². The molecular weight excluding hydrogens is 436 g/mol. The van der Waals surface area contributed by atoms with Crippen LogP contribution >= 0.6 is 11.3 Å². The predicted octanol–water partition coefficient (Wildman–Crippen LogP) is 3.37. The number of anilines is 3.